The van der Waals surface area contributed by atoms with Gasteiger partial charge in [-0.3, -0.25) is 9.59 Å². The van der Waals surface area contributed by atoms with Crippen molar-refractivity contribution in [2.24, 2.45) is 5.73 Å². The van der Waals surface area contributed by atoms with Crippen molar-refractivity contribution in [1.29, 1.82) is 5.26 Å². The van der Waals surface area contributed by atoms with Gasteiger partial charge in [0.05, 0.1) is 8.07 Å². The normalized spacial score (nSPS) is 17.4. The smallest absolute Gasteiger partial charge is 0.245 e. The van der Waals surface area contributed by atoms with E-state index in [1.807, 2.05) is 25.8 Å². The number of carbonyl (C=O) groups excluding carboxylic acids is 2. The molecule has 0 aromatic rings. The summed E-state index contributed by atoms with van der Waals surface area (Å²) in [6.07, 6.45) is 3.56. The maximum atomic E-state index is 12.1. The third-order valence-corrected chi connectivity index (χ3v) is 4.92. The zero-order chi connectivity index (χ0) is 12.5. The first-order chi connectivity index (χ1) is 7.29. The van der Waals surface area contributed by atoms with Gasteiger partial charge in [-0.25, -0.2) is 4.90 Å². The van der Waals surface area contributed by atoms with Gasteiger partial charge in [-0.2, -0.15) is 5.26 Å². The molecule has 5 nitrogen and oxygen atoms in total. The molecule has 1 saturated carbocycles. The van der Waals surface area contributed by atoms with Gasteiger partial charge < -0.3 is 5.73 Å². The van der Waals surface area contributed by atoms with Gasteiger partial charge >= 0.3 is 0 Å². The lowest BCUT2D eigenvalue weighted by Gasteiger charge is -2.27. The molecule has 1 aliphatic carbocycles. The molecule has 0 aliphatic heterocycles. The predicted molar refractivity (Wildman–Crippen MR) is 61.8 cm³/mol. The number of hydrogen-bond acceptors (Lipinski definition) is 3. The summed E-state index contributed by atoms with van der Waals surface area (Å²) in [5, 5.41) is 8.92. The van der Waals surface area contributed by atoms with Crippen LogP contribution in [-0.4, -0.2) is 30.8 Å². The lowest BCUT2D eigenvalue weighted by Crippen LogP contribution is -2.47. The summed E-state index contributed by atoms with van der Waals surface area (Å²) in [6.45, 7) is 5.72. The molecule has 0 saturated heterocycles. The van der Waals surface area contributed by atoms with E-state index >= 15 is 0 Å². The molecular formula is C10H17N3O2Si. The van der Waals surface area contributed by atoms with Crippen LogP contribution >= 0.6 is 0 Å². The molecule has 16 heavy (non-hydrogen) atoms. The van der Waals surface area contributed by atoms with E-state index in [0.29, 0.717) is 0 Å². The monoisotopic (exact) mass is 239 g/mol. The SMILES string of the molecule is C[Si](C)(C)C(C(N)=O)C(=O)N(C#N)C1CC1. The van der Waals surface area contributed by atoms with Gasteiger partial charge in [0.1, 0.15) is 5.54 Å². The average Bonchev–Trinajstić information content (AvgIpc) is 2.85. The minimum Gasteiger partial charge on any atom is -0.369 e. The minimum absolute atomic E-state index is 0.00398. The van der Waals surface area contributed by atoms with Gasteiger partial charge in [-0.05, 0) is 12.8 Å². The van der Waals surface area contributed by atoms with Crippen LogP contribution in [0.15, 0.2) is 0 Å². The number of carbonyl (C=O) groups is 2. The zero-order valence-corrected chi connectivity index (χ0v) is 10.9. The van der Waals surface area contributed by atoms with Crippen LogP contribution in [0.2, 0.25) is 25.2 Å². The van der Waals surface area contributed by atoms with Crippen molar-refractivity contribution in [3.05, 3.63) is 0 Å². The maximum absolute atomic E-state index is 12.1. The lowest BCUT2D eigenvalue weighted by molar-refractivity contribution is -0.133. The molecule has 0 heterocycles. The van der Waals surface area contributed by atoms with Crippen molar-refractivity contribution < 1.29 is 9.59 Å². The third kappa shape index (κ3) is 2.61. The fraction of sp³-hybridized carbons (Fsp3) is 0.700. The summed E-state index contributed by atoms with van der Waals surface area (Å²) in [4.78, 5) is 24.6. The topological polar surface area (TPSA) is 87.2 Å². The zero-order valence-electron chi connectivity index (χ0n) is 9.86. The van der Waals surface area contributed by atoms with E-state index in [4.69, 9.17) is 11.0 Å². The third-order valence-electron chi connectivity index (χ3n) is 2.65. The van der Waals surface area contributed by atoms with Crippen molar-refractivity contribution >= 4 is 19.9 Å². The van der Waals surface area contributed by atoms with Gasteiger partial charge in [0, 0.05) is 6.04 Å². The Morgan fingerprint density at radius 3 is 2.19 bits per heavy atom. The van der Waals surface area contributed by atoms with Crippen molar-refractivity contribution in [2.75, 3.05) is 0 Å². The summed E-state index contributed by atoms with van der Waals surface area (Å²) < 4.78 is 0. The van der Waals surface area contributed by atoms with Gasteiger partial charge in [0.25, 0.3) is 0 Å². The molecular weight excluding hydrogens is 222 g/mol. The molecule has 0 aromatic carbocycles. The lowest BCUT2D eigenvalue weighted by atomic mass is 10.3. The van der Waals surface area contributed by atoms with Gasteiger partial charge in [0.15, 0.2) is 6.19 Å². The van der Waals surface area contributed by atoms with Crippen LogP contribution in [0.4, 0.5) is 0 Å². The minimum atomic E-state index is -2.03. The summed E-state index contributed by atoms with van der Waals surface area (Å²) in [5.74, 6) is -1.01. The van der Waals surface area contributed by atoms with Crippen molar-refractivity contribution in [3.63, 3.8) is 0 Å². The highest BCUT2D eigenvalue weighted by Gasteiger charge is 2.44. The fourth-order valence-corrected chi connectivity index (χ4v) is 3.44. The fourth-order valence-electron chi connectivity index (χ4n) is 1.70. The van der Waals surface area contributed by atoms with Crippen LogP contribution in [-0.2, 0) is 9.59 Å². The molecule has 1 fully saturated rings. The molecule has 6 heteroatoms. The van der Waals surface area contributed by atoms with E-state index in [-0.39, 0.29) is 6.04 Å². The molecule has 0 spiro atoms. The Hall–Kier alpha value is -1.35. The predicted octanol–water partition coefficient (Wildman–Crippen LogP) is 0.652. The highest BCUT2D eigenvalue weighted by atomic mass is 28.3. The van der Waals surface area contributed by atoms with Gasteiger partial charge in [-0.1, -0.05) is 19.6 Å². The molecule has 1 aliphatic rings. The van der Waals surface area contributed by atoms with E-state index in [2.05, 4.69) is 0 Å². The number of nitrogens with two attached hydrogens (primary N) is 1. The van der Waals surface area contributed by atoms with Crippen LogP contribution in [0.1, 0.15) is 12.8 Å². The Balaban J connectivity index is 2.91. The maximum Gasteiger partial charge on any atom is 0.245 e. The second kappa shape index (κ2) is 4.26. The van der Waals surface area contributed by atoms with E-state index in [1.165, 1.54) is 0 Å². The molecule has 1 unspecified atom stereocenters. The van der Waals surface area contributed by atoms with Crippen LogP contribution in [0.3, 0.4) is 0 Å². The molecule has 0 aromatic heterocycles. The Morgan fingerprint density at radius 1 is 1.44 bits per heavy atom. The standard InChI is InChI=1S/C10H17N3O2Si/c1-16(2,3)8(9(12)14)10(15)13(6-11)7-4-5-7/h7-8H,4-5H2,1-3H3,(H2,12,14). The summed E-state index contributed by atoms with van der Waals surface area (Å²) in [7, 11) is -2.03. The molecule has 1 rings (SSSR count). The van der Waals surface area contributed by atoms with E-state index in [1.54, 1.807) is 0 Å². The number of nitrogens with zero attached hydrogens (tertiary/aromatic N) is 2. The Labute approximate surface area is 96.2 Å². The van der Waals surface area contributed by atoms with Gasteiger partial charge in [-0.15, -0.1) is 0 Å². The summed E-state index contributed by atoms with van der Waals surface area (Å²) in [6, 6.07) is -0.00398. The van der Waals surface area contributed by atoms with E-state index in [9.17, 15) is 9.59 Å². The van der Waals surface area contributed by atoms with Crippen molar-refractivity contribution in [2.45, 2.75) is 44.1 Å². The molecule has 1 atom stereocenters. The summed E-state index contributed by atoms with van der Waals surface area (Å²) in [5.41, 5.74) is 4.48. The van der Waals surface area contributed by atoms with Gasteiger partial charge in [0.2, 0.25) is 11.8 Å². The second-order valence-electron chi connectivity index (χ2n) is 5.24. The van der Waals surface area contributed by atoms with Crippen molar-refractivity contribution in [1.82, 2.24) is 4.90 Å². The largest absolute Gasteiger partial charge is 0.369 e. The first kappa shape index (κ1) is 12.7. The molecule has 88 valence electrons. The molecule has 2 N–H and O–H groups in total. The Morgan fingerprint density at radius 2 is 1.94 bits per heavy atom. The van der Waals surface area contributed by atoms with Crippen LogP contribution < -0.4 is 5.73 Å². The molecule has 2 amide bonds. The molecule has 0 bridgehead atoms. The number of amides is 2. The summed E-state index contributed by atoms with van der Waals surface area (Å²) >= 11 is 0. The van der Waals surface area contributed by atoms with Crippen molar-refractivity contribution in [3.8, 4) is 6.19 Å². The number of primary amides is 1. The molecule has 0 radical (unpaired) electrons. The van der Waals surface area contributed by atoms with Crippen LogP contribution in [0.25, 0.3) is 0 Å². The van der Waals surface area contributed by atoms with E-state index in [0.717, 1.165) is 17.7 Å². The first-order valence-corrected chi connectivity index (χ1v) is 8.89. The highest BCUT2D eigenvalue weighted by molar-refractivity contribution is 6.83. The number of nitriles is 1. The Kier molecular flexibility index (Phi) is 3.38. The van der Waals surface area contributed by atoms with Crippen LogP contribution in [0, 0.1) is 11.5 Å². The second-order valence-corrected chi connectivity index (χ2v) is 10.6. The number of hydrogen-bond donors (Lipinski definition) is 1. The quantitative estimate of drug-likeness (QED) is 0.338. The Bertz CT molecular complexity index is 352. The average molecular weight is 239 g/mol. The van der Waals surface area contributed by atoms with Crippen LogP contribution in [0.5, 0.6) is 0 Å². The number of rotatable bonds is 4. The van der Waals surface area contributed by atoms with E-state index < -0.39 is 25.4 Å². The highest BCUT2D eigenvalue weighted by Crippen LogP contribution is 2.31. The first-order valence-electron chi connectivity index (χ1n) is 5.31.